The summed E-state index contributed by atoms with van der Waals surface area (Å²) in [5.74, 6) is -1.85. The van der Waals surface area contributed by atoms with E-state index in [-0.39, 0.29) is 6.42 Å². The molecule has 0 heterocycles. The molecular weight excluding hydrogens is 287 g/mol. The third kappa shape index (κ3) is 3.29. The van der Waals surface area contributed by atoms with Crippen LogP contribution in [0.3, 0.4) is 0 Å². The number of halogens is 4. The van der Waals surface area contributed by atoms with Crippen molar-refractivity contribution < 1.29 is 13.2 Å². The normalized spacial score (nSPS) is 25.5. The topological polar surface area (TPSA) is 26.0 Å². The molecule has 0 bridgehead atoms. The van der Waals surface area contributed by atoms with Crippen molar-refractivity contribution in [2.24, 2.45) is 17.6 Å². The second kappa shape index (κ2) is 5.94. The van der Waals surface area contributed by atoms with Crippen LogP contribution in [0, 0.1) is 18.8 Å². The summed E-state index contributed by atoms with van der Waals surface area (Å²) in [6.45, 7) is 1.86. The molecule has 0 aromatic heterocycles. The minimum atomic E-state index is -4.17. The van der Waals surface area contributed by atoms with Crippen molar-refractivity contribution in [2.45, 2.75) is 44.8 Å². The van der Waals surface area contributed by atoms with Crippen LogP contribution >= 0.6 is 11.6 Å². The molecule has 5 heteroatoms. The molecule has 1 aliphatic rings. The number of hydrogen-bond donors (Lipinski definition) is 1. The van der Waals surface area contributed by atoms with Gasteiger partial charge in [0.2, 0.25) is 0 Å². The molecule has 3 unspecified atom stereocenters. The molecule has 0 amide bonds. The van der Waals surface area contributed by atoms with Crippen LogP contribution in [0.25, 0.3) is 0 Å². The van der Waals surface area contributed by atoms with E-state index < -0.39 is 24.1 Å². The molecule has 112 valence electrons. The van der Waals surface area contributed by atoms with E-state index in [0.29, 0.717) is 23.4 Å². The van der Waals surface area contributed by atoms with Crippen LogP contribution in [-0.4, -0.2) is 6.18 Å². The molecule has 1 aromatic rings. The maximum Gasteiger partial charge on any atom is 0.392 e. The lowest BCUT2D eigenvalue weighted by molar-refractivity contribution is -0.198. The van der Waals surface area contributed by atoms with Gasteiger partial charge in [-0.1, -0.05) is 36.6 Å². The monoisotopic (exact) mass is 305 g/mol. The summed E-state index contributed by atoms with van der Waals surface area (Å²) in [5.41, 5.74) is 7.71. The summed E-state index contributed by atoms with van der Waals surface area (Å²) in [5, 5.41) is 0.553. The van der Waals surface area contributed by atoms with Gasteiger partial charge in [0.05, 0.1) is 5.92 Å². The van der Waals surface area contributed by atoms with Crippen molar-refractivity contribution in [1.82, 2.24) is 0 Å². The summed E-state index contributed by atoms with van der Waals surface area (Å²) in [7, 11) is 0. The standard InChI is InChI=1S/C15H19ClF3N/c1-9-6-7-10(8-13(9)16)14(20)11-4-2-3-5-12(11)15(17,18)19/h6-8,11-12,14H,2-5,20H2,1H3. The molecule has 1 saturated carbocycles. The van der Waals surface area contributed by atoms with Crippen molar-refractivity contribution in [2.75, 3.05) is 0 Å². The molecule has 1 aromatic carbocycles. The number of rotatable bonds is 2. The predicted molar refractivity (Wildman–Crippen MR) is 74.6 cm³/mol. The van der Waals surface area contributed by atoms with Crippen LogP contribution in [0.2, 0.25) is 5.02 Å². The molecule has 3 atom stereocenters. The van der Waals surface area contributed by atoms with E-state index in [1.807, 2.05) is 13.0 Å². The fraction of sp³-hybridized carbons (Fsp3) is 0.600. The maximum absolute atomic E-state index is 13.1. The zero-order chi connectivity index (χ0) is 14.9. The minimum Gasteiger partial charge on any atom is -0.324 e. The SMILES string of the molecule is Cc1ccc(C(N)C2CCCCC2C(F)(F)F)cc1Cl. The summed E-state index contributed by atoms with van der Waals surface area (Å²) in [4.78, 5) is 0. The van der Waals surface area contributed by atoms with Gasteiger partial charge in [0, 0.05) is 11.1 Å². The highest BCUT2D eigenvalue weighted by molar-refractivity contribution is 6.31. The van der Waals surface area contributed by atoms with Crippen LogP contribution in [-0.2, 0) is 0 Å². The highest BCUT2D eigenvalue weighted by Gasteiger charge is 2.47. The molecule has 0 saturated heterocycles. The molecule has 1 fully saturated rings. The van der Waals surface area contributed by atoms with Gasteiger partial charge in [0.25, 0.3) is 0 Å². The van der Waals surface area contributed by atoms with Crippen molar-refractivity contribution in [3.63, 3.8) is 0 Å². The lowest BCUT2D eigenvalue weighted by atomic mass is 9.73. The van der Waals surface area contributed by atoms with Gasteiger partial charge in [-0.25, -0.2) is 0 Å². The highest BCUT2D eigenvalue weighted by Crippen LogP contribution is 2.46. The van der Waals surface area contributed by atoms with E-state index in [2.05, 4.69) is 0 Å². The van der Waals surface area contributed by atoms with Gasteiger partial charge in [-0.2, -0.15) is 13.2 Å². The van der Waals surface area contributed by atoms with Crippen molar-refractivity contribution in [3.05, 3.63) is 34.3 Å². The van der Waals surface area contributed by atoms with Gasteiger partial charge < -0.3 is 5.73 Å². The van der Waals surface area contributed by atoms with E-state index in [9.17, 15) is 13.2 Å². The number of aryl methyl sites for hydroxylation is 1. The third-order valence-corrected chi connectivity index (χ3v) is 4.69. The van der Waals surface area contributed by atoms with E-state index in [4.69, 9.17) is 17.3 Å². The van der Waals surface area contributed by atoms with E-state index in [1.54, 1.807) is 12.1 Å². The van der Waals surface area contributed by atoms with Crippen molar-refractivity contribution >= 4 is 11.6 Å². The molecule has 2 rings (SSSR count). The molecule has 1 aliphatic carbocycles. The Morgan fingerprint density at radius 2 is 1.90 bits per heavy atom. The maximum atomic E-state index is 13.1. The number of hydrogen-bond acceptors (Lipinski definition) is 1. The zero-order valence-electron chi connectivity index (χ0n) is 11.4. The first-order chi connectivity index (χ1) is 9.30. The lowest BCUT2D eigenvalue weighted by Gasteiger charge is -2.36. The van der Waals surface area contributed by atoms with Crippen molar-refractivity contribution in [1.29, 1.82) is 0 Å². The van der Waals surface area contributed by atoms with Gasteiger partial charge in [0.15, 0.2) is 0 Å². The summed E-state index contributed by atoms with van der Waals surface area (Å²) in [6.07, 6.45) is -2.03. The Morgan fingerprint density at radius 1 is 1.25 bits per heavy atom. The molecule has 2 N–H and O–H groups in total. The Kier molecular flexibility index (Phi) is 4.65. The number of benzene rings is 1. The summed E-state index contributed by atoms with van der Waals surface area (Å²) in [6, 6.07) is 4.68. The molecule has 0 aliphatic heterocycles. The van der Waals surface area contributed by atoms with Gasteiger partial charge >= 0.3 is 6.18 Å². The lowest BCUT2D eigenvalue weighted by Crippen LogP contribution is -2.38. The predicted octanol–water partition coefficient (Wildman–Crippen LogP) is 5.02. The second-order valence-electron chi connectivity index (χ2n) is 5.63. The third-order valence-electron chi connectivity index (χ3n) is 4.28. The van der Waals surface area contributed by atoms with E-state index >= 15 is 0 Å². The Balaban J connectivity index is 2.25. The second-order valence-corrected chi connectivity index (χ2v) is 6.04. The number of alkyl halides is 3. The van der Waals surface area contributed by atoms with Gasteiger partial charge in [-0.3, -0.25) is 0 Å². The molecule has 0 radical (unpaired) electrons. The van der Waals surface area contributed by atoms with Crippen molar-refractivity contribution in [3.8, 4) is 0 Å². The van der Waals surface area contributed by atoms with Gasteiger partial charge in [-0.15, -0.1) is 0 Å². The Bertz CT molecular complexity index is 473. The highest BCUT2D eigenvalue weighted by atomic mass is 35.5. The summed E-state index contributed by atoms with van der Waals surface area (Å²) < 4.78 is 39.4. The Labute approximate surface area is 122 Å². The number of nitrogens with two attached hydrogens (primary N) is 1. The first kappa shape index (κ1) is 15.6. The Morgan fingerprint density at radius 3 is 2.50 bits per heavy atom. The van der Waals surface area contributed by atoms with E-state index in [0.717, 1.165) is 12.0 Å². The zero-order valence-corrected chi connectivity index (χ0v) is 12.1. The minimum absolute atomic E-state index is 0.182. The summed E-state index contributed by atoms with van der Waals surface area (Å²) >= 11 is 6.05. The average Bonchev–Trinajstić information content (AvgIpc) is 2.40. The first-order valence-electron chi connectivity index (χ1n) is 6.89. The van der Waals surface area contributed by atoms with E-state index in [1.165, 1.54) is 0 Å². The molecule has 1 nitrogen and oxygen atoms in total. The molecular formula is C15H19ClF3N. The quantitative estimate of drug-likeness (QED) is 0.816. The smallest absolute Gasteiger partial charge is 0.324 e. The van der Waals surface area contributed by atoms with Gasteiger partial charge in [-0.05, 0) is 42.9 Å². The van der Waals surface area contributed by atoms with Gasteiger partial charge in [0.1, 0.15) is 0 Å². The largest absolute Gasteiger partial charge is 0.392 e. The van der Waals surface area contributed by atoms with Crippen LogP contribution in [0.4, 0.5) is 13.2 Å². The van der Waals surface area contributed by atoms with Crippen LogP contribution in [0.1, 0.15) is 42.9 Å². The Hall–Kier alpha value is -0.740. The van der Waals surface area contributed by atoms with Crippen LogP contribution in [0.15, 0.2) is 18.2 Å². The molecule has 0 spiro atoms. The average molecular weight is 306 g/mol. The first-order valence-corrected chi connectivity index (χ1v) is 7.27. The van der Waals surface area contributed by atoms with Crippen LogP contribution < -0.4 is 5.73 Å². The van der Waals surface area contributed by atoms with Crippen LogP contribution in [0.5, 0.6) is 0 Å². The fourth-order valence-corrected chi connectivity index (χ4v) is 3.25. The molecule has 20 heavy (non-hydrogen) atoms. The fourth-order valence-electron chi connectivity index (χ4n) is 3.06.